The number of nitrogens with zero attached hydrogens (tertiary/aromatic N) is 1. The molecule has 1 aromatic rings. The van der Waals surface area contributed by atoms with Gasteiger partial charge in [0.2, 0.25) is 0 Å². The summed E-state index contributed by atoms with van der Waals surface area (Å²) in [4.78, 5) is 12.5. The minimum Gasteiger partial charge on any atom is -0.377 e. The van der Waals surface area contributed by atoms with Crippen molar-refractivity contribution in [2.45, 2.75) is 12.7 Å². The number of nitrogens with one attached hydrogen (secondary N) is 1. The van der Waals surface area contributed by atoms with Crippen molar-refractivity contribution in [3.8, 4) is 0 Å². The quantitative estimate of drug-likeness (QED) is 0.832. The predicted octanol–water partition coefficient (Wildman–Crippen LogP) is 1.83. The normalized spacial score (nSPS) is 16.9. The molecule has 102 valence electrons. The van der Waals surface area contributed by atoms with Crippen LogP contribution in [0.1, 0.15) is 11.1 Å². The van der Waals surface area contributed by atoms with E-state index in [1.165, 1.54) is 12.1 Å². The van der Waals surface area contributed by atoms with Crippen LogP contribution in [0.25, 0.3) is 0 Å². The molecule has 6 heteroatoms. The van der Waals surface area contributed by atoms with Crippen LogP contribution in [0.4, 0.5) is 13.2 Å². The maximum absolute atomic E-state index is 12.4. The molecule has 1 N–H and O–H groups in total. The van der Waals surface area contributed by atoms with Gasteiger partial charge in [0, 0.05) is 26.2 Å². The van der Waals surface area contributed by atoms with Crippen molar-refractivity contribution in [1.82, 2.24) is 10.2 Å². The smallest absolute Gasteiger partial charge is 0.377 e. The van der Waals surface area contributed by atoms with Crippen LogP contribution in [0, 0.1) is 0 Å². The van der Waals surface area contributed by atoms with E-state index in [0.717, 1.165) is 24.2 Å². The number of alkyl halides is 3. The van der Waals surface area contributed by atoms with Gasteiger partial charge < -0.3 is 5.32 Å². The van der Waals surface area contributed by atoms with Gasteiger partial charge in [-0.05, 0) is 17.7 Å². The highest BCUT2D eigenvalue weighted by Crippen LogP contribution is 2.29. The van der Waals surface area contributed by atoms with E-state index in [4.69, 9.17) is 0 Å². The van der Waals surface area contributed by atoms with Crippen LogP contribution in [0.2, 0.25) is 0 Å². The Hall–Kier alpha value is -1.78. The Morgan fingerprint density at radius 1 is 1.26 bits per heavy atom. The second-order valence-corrected chi connectivity index (χ2v) is 4.41. The summed E-state index contributed by atoms with van der Waals surface area (Å²) >= 11 is 0. The lowest BCUT2D eigenvalue weighted by Gasteiger charge is -2.28. The second-order valence-electron chi connectivity index (χ2n) is 4.41. The molecule has 0 aromatic heterocycles. The summed E-state index contributed by atoms with van der Waals surface area (Å²) in [6.45, 7) is 2.35. The van der Waals surface area contributed by atoms with Gasteiger partial charge in [0.1, 0.15) is 11.6 Å². The lowest BCUT2D eigenvalue weighted by atomic mass is 10.1. The molecule has 1 aliphatic heterocycles. The zero-order valence-corrected chi connectivity index (χ0v) is 10.1. The van der Waals surface area contributed by atoms with Crippen LogP contribution in [0.5, 0.6) is 0 Å². The second kappa shape index (κ2) is 5.47. The van der Waals surface area contributed by atoms with Crippen molar-refractivity contribution in [3.05, 3.63) is 41.1 Å². The first-order valence-corrected chi connectivity index (χ1v) is 5.85. The highest BCUT2D eigenvalue weighted by atomic mass is 19.4. The lowest BCUT2D eigenvalue weighted by molar-refractivity contribution is -0.137. The molecule has 1 heterocycles. The summed E-state index contributed by atoms with van der Waals surface area (Å²) in [6.07, 6.45) is -4.30. The Morgan fingerprint density at radius 2 is 1.95 bits per heavy atom. The Labute approximate surface area is 108 Å². The molecule has 3 nitrogen and oxygen atoms in total. The fraction of sp³-hybridized carbons (Fsp3) is 0.385. The molecule has 0 atom stereocenters. The highest BCUT2D eigenvalue weighted by molar-refractivity contribution is 5.52. The number of rotatable bonds is 2. The molecule has 19 heavy (non-hydrogen) atoms. The van der Waals surface area contributed by atoms with Crippen molar-refractivity contribution in [1.29, 1.82) is 0 Å². The molecule has 0 unspecified atom stereocenters. The molecule has 1 saturated heterocycles. The van der Waals surface area contributed by atoms with E-state index < -0.39 is 11.7 Å². The number of carbonyl (C=O) groups excluding carboxylic acids is 1. The summed E-state index contributed by atoms with van der Waals surface area (Å²) < 4.78 is 37.2. The third kappa shape index (κ3) is 3.59. The van der Waals surface area contributed by atoms with Crippen LogP contribution < -0.4 is 5.32 Å². The first-order valence-electron chi connectivity index (χ1n) is 5.85. The van der Waals surface area contributed by atoms with E-state index in [1.807, 2.05) is 10.8 Å². The Morgan fingerprint density at radius 3 is 2.53 bits per heavy atom. The summed E-state index contributed by atoms with van der Waals surface area (Å²) in [7, 11) is 0. The fourth-order valence-corrected chi connectivity index (χ4v) is 1.98. The van der Waals surface area contributed by atoms with Crippen LogP contribution in [-0.4, -0.2) is 30.5 Å². The van der Waals surface area contributed by atoms with Crippen molar-refractivity contribution in [2.75, 3.05) is 19.6 Å². The van der Waals surface area contributed by atoms with E-state index in [0.29, 0.717) is 25.3 Å². The molecule has 1 fully saturated rings. The summed E-state index contributed by atoms with van der Waals surface area (Å²) in [5, 5.41) is 2.92. The molecule has 0 spiro atoms. The van der Waals surface area contributed by atoms with E-state index in [-0.39, 0.29) is 0 Å². The minimum absolute atomic E-state index is 0.449. The van der Waals surface area contributed by atoms with Gasteiger partial charge in [-0.1, -0.05) is 12.1 Å². The number of halogens is 3. The number of hydrogen-bond acceptors (Lipinski definition) is 3. The van der Waals surface area contributed by atoms with Gasteiger partial charge in [0.25, 0.3) is 0 Å². The summed E-state index contributed by atoms with van der Waals surface area (Å²) in [6, 6.07) is 5.09. The Bertz CT molecular complexity index is 490. The molecular formula is C13H13F3N2O. The van der Waals surface area contributed by atoms with Crippen molar-refractivity contribution in [3.63, 3.8) is 0 Å². The Balaban J connectivity index is 2.02. The fourth-order valence-electron chi connectivity index (χ4n) is 1.98. The molecule has 0 radical (unpaired) electrons. The minimum atomic E-state index is -4.30. The maximum atomic E-state index is 12.4. The molecule has 2 rings (SSSR count). The van der Waals surface area contributed by atoms with Crippen molar-refractivity contribution < 1.29 is 18.0 Å². The van der Waals surface area contributed by atoms with Crippen molar-refractivity contribution >= 4 is 5.94 Å². The average Bonchev–Trinajstić information content (AvgIpc) is 2.38. The molecule has 0 bridgehead atoms. The van der Waals surface area contributed by atoms with Gasteiger partial charge in [0.05, 0.1) is 5.56 Å². The number of hydrogen-bond donors (Lipinski definition) is 1. The largest absolute Gasteiger partial charge is 0.416 e. The van der Waals surface area contributed by atoms with Crippen LogP contribution in [-0.2, 0) is 17.5 Å². The monoisotopic (exact) mass is 270 g/mol. The topological polar surface area (TPSA) is 32.3 Å². The zero-order chi connectivity index (χ0) is 13.9. The SMILES string of the molecule is O=C=C1CN(Cc2ccc(C(F)(F)F)cc2)CCN1. The van der Waals surface area contributed by atoms with E-state index >= 15 is 0 Å². The van der Waals surface area contributed by atoms with Gasteiger partial charge in [-0.3, -0.25) is 4.90 Å². The van der Waals surface area contributed by atoms with Gasteiger partial charge in [0.15, 0.2) is 0 Å². The Kier molecular flexibility index (Phi) is 3.93. The maximum Gasteiger partial charge on any atom is 0.416 e. The van der Waals surface area contributed by atoms with Crippen molar-refractivity contribution in [2.24, 2.45) is 0 Å². The predicted molar refractivity (Wildman–Crippen MR) is 63.9 cm³/mol. The summed E-state index contributed by atoms with van der Waals surface area (Å²) in [5.74, 6) is 1.81. The van der Waals surface area contributed by atoms with Crippen LogP contribution >= 0.6 is 0 Å². The first-order chi connectivity index (χ1) is 8.99. The molecule has 0 amide bonds. The lowest BCUT2D eigenvalue weighted by Crippen LogP contribution is -2.41. The van der Waals surface area contributed by atoms with Gasteiger partial charge in [-0.15, -0.1) is 0 Å². The van der Waals surface area contributed by atoms with Gasteiger partial charge in [-0.25, -0.2) is 4.79 Å². The molecule has 1 aromatic carbocycles. The standard InChI is InChI=1S/C13H13F3N2O/c14-13(15,16)11-3-1-10(2-4-11)7-18-6-5-17-12(8-18)9-19/h1-4,17H,5-8H2. The summed E-state index contributed by atoms with van der Waals surface area (Å²) in [5.41, 5.74) is 0.628. The van der Waals surface area contributed by atoms with Crippen LogP contribution in [0.15, 0.2) is 30.0 Å². The molecule has 1 aliphatic rings. The highest BCUT2D eigenvalue weighted by Gasteiger charge is 2.30. The van der Waals surface area contributed by atoms with E-state index in [1.54, 1.807) is 0 Å². The van der Waals surface area contributed by atoms with Crippen LogP contribution in [0.3, 0.4) is 0 Å². The average molecular weight is 270 g/mol. The third-order valence-corrected chi connectivity index (χ3v) is 2.96. The molecular weight excluding hydrogens is 257 g/mol. The van der Waals surface area contributed by atoms with Gasteiger partial charge >= 0.3 is 6.18 Å². The first kappa shape index (κ1) is 13.6. The van der Waals surface area contributed by atoms with E-state index in [2.05, 4.69) is 5.32 Å². The molecule has 0 saturated carbocycles. The third-order valence-electron chi connectivity index (χ3n) is 2.96. The molecule has 0 aliphatic carbocycles. The zero-order valence-electron chi connectivity index (χ0n) is 10.1. The number of benzene rings is 1. The number of piperazine rings is 1. The van der Waals surface area contributed by atoms with Gasteiger partial charge in [-0.2, -0.15) is 13.2 Å². The van der Waals surface area contributed by atoms with E-state index in [9.17, 15) is 18.0 Å².